The normalized spacial score (nSPS) is 18.7. The number of anilines is 1. The maximum Gasteiger partial charge on any atom is 0.250 e. The van der Waals surface area contributed by atoms with E-state index in [9.17, 15) is 18.2 Å². The SMILES string of the molecule is CC1(C)CC(=O)n2c(c(-c3ccc(C(N)=O)c(NN4CCS(=O)CC4)c3)c3ccc(F)cc32)C1. The number of hydrazine groups is 1. The highest BCUT2D eigenvalue weighted by atomic mass is 32.2. The fourth-order valence-corrected chi connectivity index (χ4v) is 6.07. The van der Waals surface area contributed by atoms with Gasteiger partial charge in [-0.25, -0.2) is 9.40 Å². The van der Waals surface area contributed by atoms with Gasteiger partial charge in [0.1, 0.15) is 5.82 Å². The van der Waals surface area contributed by atoms with Crippen LogP contribution in [0.15, 0.2) is 36.4 Å². The van der Waals surface area contributed by atoms with Crippen LogP contribution in [-0.2, 0) is 17.2 Å². The third-order valence-electron chi connectivity index (χ3n) is 6.58. The number of carbonyl (C=O) groups is 2. The summed E-state index contributed by atoms with van der Waals surface area (Å²) in [6, 6.07) is 9.87. The number of hydrogen-bond acceptors (Lipinski definition) is 5. The summed E-state index contributed by atoms with van der Waals surface area (Å²) in [5.41, 5.74) is 12.6. The van der Waals surface area contributed by atoms with Crippen molar-refractivity contribution in [2.75, 3.05) is 30.0 Å². The number of amides is 1. The van der Waals surface area contributed by atoms with Crippen LogP contribution < -0.4 is 11.2 Å². The fraction of sp³-hybridized carbons (Fsp3) is 0.360. The minimum absolute atomic E-state index is 0.0541. The molecule has 1 fully saturated rings. The van der Waals surface area contributed by atoms with Crippen molar-refractivity contribution in [2.45, 2.75) is 26.7 Å². The lowest BCUT2D eigenvalue weighted by molar-refractivity contribution is 0.0816. The van der Waals surface area contributed by atoms with Gasteiger partial charge < -0.3 is 11.2 Å². The first-order chi connectivity index (χ1) is 16.1. The number of nitrogens with one attached hydrogen (secondary N) is 1. The number of rotatable bonds is 4. The highest BCUT2D eigenvalue weighted by molar-refractivity contribution is 7.85. The molecule has 0 radical (unpaired) electrons. The van der Waals surface area contributed by atoms with Crippen LogP contribution in [0.2, 0.25) is 0 Å². The molecule has 2 aromatic carbocycles. The first-order valence-electron chi connectivity index (χ1n) is 11.3. The van der Waals surface area contributed by atoms with E-state index in [1.54, 1.807) is 16.7 Å². The molecule has 2 aliphatic heterocycles. The Morgan fingerprint density at radius 1 is 1.12 bits per heavy atom. The Morgan fingerprint density at radius 2 is 1.85 bits per heavy atom. The van der Waals surface area contributed by atoms with Gasteiger partial charge in [-0.15, -0.1) is 0 Å². The molecule has 0 spiro atoms. The maximum absolute atomic E-state index is 14.2. The van der Waals surface area contributed by atoms with E-state index in [2.05, 4.69) is 19.3 Å². The number of primary amides is 1. The Kier molecular flexibility index (Phi) is 5.56. The Labute approximate surface area is 199 Å². The molecular weight excluding hydrogens is 455 g/mol. The second kappa shape index (κ2) is 8.32. The molecule has 1 amide bonds. The van der Waals surface area contributed by atoms with Crippen molar-refractivity contribution < 1.29 is 18.2 Å². The van der Waals surface area contributed by atoms with E-state index in [1.807, 2.05) is 17.1 Å². The molecule has 178 valence electrons. The second-order valence-electron chi connectivity index (χ2n) is 9.80. The molecule has 3 N–H and O–H groups in total. The van der Waals surface area contributed by atoms with E-state index in [0.29, 0.717) is 54.2 Å². The van der Waals surface area contributed by atoms with Crippen molar-refractivity contribution in [1.82, 2.24) is 9.58 Å². The maximum atomic E-state index is 14.2. The van der Waals surface area contributed by atoms with Crippen molar-refractivity contribution in [2.24, 2.45) is 11.1 Å². The van der Waals surface area contributed by atoms with E-state index in [1.165, 1.54) is 12.1 Å². The standard InChI is InChI=1S/C25H27FN4O3S/c1-25(2)13-21-23(18-6-4-16(26)12-20(18)30(21)22(31)14-25)15-3-5-17(24(27)32)19(11-15)28-29-7-9-34(33)10-8-29/h3-6,11-12,28H,7-10,13-14H2,1-2H3,(H2,27,32). The zero-order chi connectivity index (χ0) is 24.2. The predicted molar refractivity (Wildman–Crippen MR) is 132 cm³/mol. The average Bonchev–Trinajstić information content (AvgIpc) is 3.07. The van der Waals surface area contributed by atoms with E-state index in [4.69, 9.17) is 5.73 Å². The lowest BCUT2D eigenvalue weighted by Gasteiger charge is -2.31. The summed E-state index contributed by atoms with van der Waals surface area (Å²) in [6.07, 6.45) is 1.03. The molecule has 1 saturated heterocycles. The van der Waals surface area contributed by atoms with Gasteiger partial charge in [-0.05, 0) is 47.7 Å². The van der Waals surface area contributed by atoms with Gasteiger partial charge in [0.05, 0.1) is 16.8 Å². The summed E-state index contributed by atoms with van der Waals surface area (Å²) in [6.45, 7) is 5.28. The molecule has 5 rings (SSSR count). The monoisotopic (exact) mass is 482 g/mol. The second-order valence-corrected chi connectivity index (χ2v) is 11.5. The first-order valence-corrected chi connectivity index (χ1v) is 12.8. The molecule has 7 nitrogen and oxygen atoms in total. The molecule has 2 aliphatic rings. The topological polar surface area (TPSA) is 97.4 Å². The Bertz CT molecular complexity index is 1350. The number of nitrogens with zero attached hydrogens (tertiary/aromatic N) is 2. The van der Waals surface area contributed by atoms with Gasteiger partial charge in [-0.1, -0.05) is 19.9 Å². The summed E-state index contributed by atoms with van der Waals surface area (Å²) < 4.78 is 27.6. The fourth-order valence-electron chi connectivity index (χ4n) is 5.02. The minimum atomic E-state index is -0.831. The number of hydrogen-bond donors (Lipinski definition) is 2. The van der Waals surface area contributed by atoms with Crippen molar-refractivity contribution in [3.63, 3.8) is 0 Å². The van der Waals surface area contributed by atoms with Crippen molar-refractivity contribution in [3.8, 4) is 11.1 Å². The zero-order valence-corrected chi connectivity index (χ0v) is 20.0. The molecule has 0 aliphatic carbocycles. The van der Waals surface area contributed by atoms with Gasteiger partial charge >= 0.3 is 0 Å². The molecule has 9 heteroatoms. The highest BCUT2D eigenvalue weighted by Crippen LogP contribution is 2.43. The molecule has 0 bridgehead atoms. The van der Waals surface area contributed by atoms with Crippen LogP contribution in [0.25, 0.3) is 22.0 Å². The number of carbonyl (C=O) groups excluding carboxylic acids is 2. The lowest BCUT2D eigenvalue weighted by Crippen LogP contribution is -2.41. The summed E-state index contributed by atoms with van der Waals surface area (Å²) in [4.78, 5) is 25.3. The summed E-state index contributed by atoms with van der Waals surface area (Å²) in [5.74, 6) is 0.0991. The Hall–Kier alpha value is -3.04. The van der Waals surface area contributed by atoms with Gasteiger partial charge in [0.15, 0.2) is 0 Å². The molecule has 3 heterocycles. The van der Waals surface area contributed by atoms with Gasteiger partial charge in [0.25, 0.3) is 5.91 Å². The number of benzene rings is 2. The van der Waals surface area contributed by atoms with Crippen LogP contribution in [0.1, 0.15) is 41.1 Å². The Balaban J connectivity index is 1.67. The van der Waals surface area contributed by atoms with Crippen LogP contribution in [0.4, 0.5) is 10.1 Å². The van der Waals surface area contributed by atoms with Crippen LogP contribution >= 0.6 is 0 Å². The predicted octanol–water partition coefficient (Wildman–Crippen LogP) is 3.55. The van der Waals surface area contributed by atoms with Gasteiger partial charge in [-0.2, -0.15) is 0 Å². The van der Waals surface area contributed by atoms with E-state index >= 15 is 0 Å². The molecule has 0 unspecified atom stereocenters. The van der Waals surface area contributed by atoms with Gasteiger partial charge in [0, 0.05) is 58.5 Å². The smallest absolute Gasteiger partial charge is 0.250 e. The first kappa shape index (κ1) is 22.7. The molecule has 1 aromatic heterocycles. The highest BCUT2D eigenvalue weighted by Gasteiger charge is 2.35. The van der Waals surface area contributed by atoms with Gasteiger partial charge in [-0.3, -0.25) is 18.4 Å². The van der Waals surface area contributed by atoms with E-state index < -0.39 is 22.5 Å². The summed E-state index contributed by atoms with van der Waals surface area (Å²) in [5, 5.41) is 2.72. The van der Waals surface area contributed by atoms with Gasteiger partial charge in [0.2, 0.25) is 5.91 Å². The molecule has 0 saturated carbocycles. The molecule has 34 heavy (non-hydrogen) atoms. The quantitative estimate of drug-likeness (QED) is 0.593. The third kappa shape index (κ3) is 4.03. The molecule has 0 atom stereocenters. The van der Waals surface area contributed by atoms with Crippen molar-refractivity contribution >= 4 is 39.2 Å². The van der Waals surface area contributed by atoms with Crippen LogP contribution in [0.5, 0.6) is 0 Å². The molecule has 3 aromatic rings. The van der Waals surface area contributed by atoms with E-state index in [0.717, 1.165) is 22.2 Å². The number of halogens is 1. The molecular formula is C25H27FN4O3S. The average molecular weight is 483 g/mol. The Morgan fingerprint density at radius 3 is 2.56 bits per heavy atom. The summed E-state index contributed by atoms with van der Waals surface area (Å²) >= 11 is 0. The summed E-state index contributed by atoms with van der Waals surface area (Å²) in [7, 11) is -0.831. The van der Waals surface area contributed by atoms with Crippen LogP contribution in [0.3, 0.4) is 0 Å². The van der Waals surface area contributed by atoms with Crippen LogP contribution in [-0.4, -0.2) is 50.2 Å². The third-order valence-corrected chi connectivity index (χ3v) is 7.86. The zero-order valence-electron chi connectivity index (χ0n) is 19.2. The van der Waals surface area contributed by atoms with Crippen molar-refractivity contribution in [3.05, 3.63) is 53.5 Å². The van der Waals surface area contributed by atoms with E-state index in [-0.39, 0.29) is 11.3 Å². The van der Waals surface area contributed by atoms with Crippen LogP contribution in [0, 0.1) is 11.2 Å². The number of nitrogens with two attached hydrogens (primary N) is 1. The number of aromatic nitrogens is 1. The lowest BCUT2D eigenvalue weighted by atomic mass is 9.80. The number of fused-ring (bicyclic) bond motifs is 3. The largest absolute Gasteiger partial charge is 0.366 e. The van der Waals surface area contributed by atoms with Crippen molar-refractivity contribution in [1.29, 1.82) is 0 Å². The minimum Gasteiger partial charge on any atom is -0.366 e.